The average molecular weight is 380 g/mol. The molecule has 0 unspecified atom stereocenters. The van der Waals surface area contributed by atoms with Gasteiger partial charge in [0.1, 0.15) is 31.4 Å². The first-order valence-electron chi connectivity index (χ1n) is 8.39. The largest absolute Gasteiger partial charge is 0.463 e. The molecule has 1 fully saturated rings. The summed E-state index contributed by atoms with van der Waals surface area (Å²) in [5.74, 6) is -0.944. The number of imidazole rings is 1. The van der Waals surface area contributed by atoms with E-state index < -0.39 is 30.4 Å². The monoisotopic (exact) mass is 380 g/mol. The van der Waals surface area contributed by atoms with Gasteiger partial charge in [-0.1, -0.05) is 0 Å². The molecule has 0 aliphatic carbocycles. The van der Waals surface area contributed by atoms with Gasteiger partial charge < -0.3 is 19.3 Å². The Labute approximate surface area is 153 Å². The zero-order valence-electron chi connectivity index (χ0n) is 14.9. The van der Waals surface area contributed by atoms with Gasteiger partial charge in [0.25, 0.3) is 5.56 Å². The van der Waals surface area contributed by atoms with Gasteiger partial charge in [-0.15, -0.1) is 0 Å². The number of hydrogen-bond donors (Lipinski definition) is 1. The van der Waals surface area contributed by atoms with Gasteiger partial charge in [0.2, 0.25) is 0 Å². The Morgan fingerprint density at radius 1 is 1.30 bits per heavy atom. The third-order valence-electron chi connectivity index (χ3n) is 4.15. The van der Waals surface area contributed by atoms with E-state index in [0.717, 1.165) is 0 Å². The van der Waals surface area contributed by atoms with Crippen molar-refractivity contribution in [1.29, 1.82) is 0 Å². The SMILES string of the molecule is CC(=O)OC[C@H]1O[C@@H](n2cnc3c(=O)n(CCO)cnc32)C[C@@H]1OC(C)=O. The topological polar surface area (TPSA) is 135 Å². The molecule has 0 radical (unpaired) electrons. The van der Waals surface area contributed by atoms with E-state index in [1.807, 2.05) is 0 Å². The highest BCUT2D eigenvalue weighted by Crippen LogP contribution is 2.32. The molecule has 3 rings (SSSR count). The van der Waals surface area contributed by atoms with E-state index in [0.29, 0.717) is 12.1 Å². The Balaban J connectivity index is 1.87. The van der Waals surface area contributed by atoms with E-state index in [4.69, 9.17) is 19.3 Å². The molecule has 0 bridgehead atoms. The van der Waals surface area contributed by atoms with E-state index in [9.17, 15) is 14.4 Å². The lowest BCUT2D eigenvalue weighted by Crippen LogP contribution is -2.31. The Morgan fingerprint density at radius 2 is 2.07 bits per heavy atom. The molecular formula is C16H20N4O7. The third-order valence-corrected chi connectivity index (χ3v) is 4.15. The van der Waals surface area contributed by atoms with Gasteiger partial charge in [-0.3, -0.25) is 23.5 Å². The van der Waals surface area contributed by atoms with Crippen LogP contribution in [0.15, 0.2) is 17.4 Å². The van der Waals surface area contributed by atoms with Crippen LogP contribution in [0, 0.1) is 0 Å². The lowest BCUT2D eigenvalue weighted by molar-refractivity contribution is -0.155. The molecule has 3 atom stereocenters. The standard InChI is InChI=1S/C16H20N4O7/c1-9(22)25-6-12-11(26-10(2)23)5-13(27-12)20-8-17-14-15(20)18-7-19(3-4-21)16(14)24/h7-8,11-13,21H,3-6H2,1-2H3/t11-,12+,13+/m0/s1. The number of fused-ring (bicyclic) bond motifs is 1. The highest BCUT2D eigenvalue weighted by atomic mass is 16.6. The predicted octanol–water partition coefficient (Wildman–Crippen LogP) is -0.632. The van der Waals surface area contributed by atoms with Crippen LogP contribution in [0.5, 0.6) is 0 Å². The molecular weight excluding hydrogens is 360 g/mol. The molecule has 1 N–H and O–H groups in total. The number of nitrogens with zero attached hydrogens (tertiary/aromatic N) is 4. The summed E-state index contributed by atoms with van der Waals surface area (Å²) in [6.45, 7) is 2.42. The Kier molecular flexibility index (Phi) is 5.51. The summed E-state index contributed by atoms with van der Waals surface area (Å²) >= 11 is 0. The number of rotatable bonds is 6. The van der Waals surface area contributed by atoms with E-state index in [1.165, 1.54) is 31.1 Å². The summed E-state index contributed by atoms with van der Waals surface area (Å²) in [7, 11) is 0. The smallest absolute Gasteiger partial charge is 0.303 e. The first-order valence-corrected chi connectivity index (χ1v) is 8.39. The molecule has 11 heteroatoms. The number of hydrogen-bond acceptors (Lipinski definition) is 9. The van der Waals surface area contributed by atoms with Crippen molar-refractivity contribution in [2.45, 2.75) is 45.2 Å². The summed E-state index contributed by atoms with van der Waals surface area (Å²) in [5, 5.41) is 9.00. The van der Waals surface area contributed by atoms with Gasteiger partial charge in [-0.2, -0.15) is 0 Å². The van der Waals surface area contributed by atoms with Crippen LogP contribution < -0.4 is 5.56 Å². The number of esters is 2. The minimum absolute atomic E-state index is 0.0624. The van der Waals surface area contributed by atoms with Crippen molar-refractivity contribution in [2.75, 3.05) is 13.2 Å². The molecule has 146 valence electrons. The predicted molar refractivity (Wildman–Crippen MR) is 89.6 cm³/mol. The average Bonchev–Trinajstić information content (AvgIpc) is 3.19. The maximum Gasteiger partial charge on any atom is 0.303 e. The van der Waals surface area contributed by atoms with Gasteiger partial charge in [-0.25, -0.2) is 9.97 Å². The van der Waals surface area contributed by atoms with Crippen LogP contribution in [-0.4, -0.2) is 61.6 Å². The Hall–Kier alpha value is -2.79. The minimum atomic E-state index is -0.644. The molecule has 0 aromatic carbocycles. The van der Waals surface area contributed by atoms with Crippen LogP contribution in [0.1, 0.15) is 26.5 Å². The Morgan fingerprint density at radius 3 is 2.74 bits per heavy atom. The van der Waals surface area contributed by atoms with Crippen LogP contribution in [0.2, 0.25) is 0 Å². The molecule has 2 aromatic heterocycles. The molecule has 1 saturated heterocycles. The normalized spacial score (nSPS) is 22.1. The van der Waals surface area contributed by atoms with Crippen molar-refractivity contribution in [3.63, 3.8) is 0 Å². The zero-order valence-corrected chi connectivity index (χ0v) is 14.9. The van der Waals surface area contributed by atoms with Gasteiger partial charge in [0, 0.05) is 20.3 Å². The first kappa shape index (κ1) is 19.0. The molecule has 1 aliphatic rings. The van der Waals surface area contributed by atoms with Crippen molar-refractivity contribution in [2.24, 2.45) is 0 Å². The molecule has 27 heavy (non-hydrogen) atoms. The van der Waals surface area contributed by atoms with Crippen LogP contribution in [0.25, 0.3) is 11.2 Å². The maximum absolute atomic E-state index is 12.4. The van der Waals surface area contributed by atoms with Crippen molar-refractivity contribution >= 4 is 23.1 Å². The number of ether oxygens (including phenoxy) is 3. The van der Waals surface area contributed by atoms with Crippen LogP contribution in [0.3, 0.4) is 0 Å². The lowest BCUT2D eigenvalue weighted by Gasteiger charge is -2.17. The van der Waals surface area contributed by atoms with Crippen molar-refractivity contribution in [3.8, 4) is 0 Å². The number of aliphatic hydroxyl groups is 1. The fraction of sp³-hybridized carbons (Fsp3) is 0.562. The maximum atomic E-state index is 12.4. The van der Waals surface area contributed by atoms with Gasteiger partial charge in [0.05, 0.1) is 19.5 Å². The number of carbonyl (C=O) groups excluding carboxylic acids is 2. The van der Waals surface area contributed by atoms with Crippen LogP contribution >= 0.6 is 0 Å². The number of carbonyl (C=O) groups is 2. The number of aromatic nitrogens is 4. The number of aliphatic hydroxyl groups excluding tert-OH is 1. The van der Waals surface area contributed by atoms with Crippen molar-refractivity contribution in [1.82, 2.24) is 19.1 Å². The molecule has 0 amide bonds. The van der Waals surface area contributed by atoms with Gasteiger partial charge >= 0.3 is 11.9 Å². The molecule has 0 spiro atoms. The summed E-state index contributed by atoms with van der Waals surface area (Å²) < 4.78 is 19.0. The first-order chi connectivity index (χ1) is 12.9. The minimum Gasteiger partial charge on any atom is -0.463 e. The highest BCUT2D eigenvalue weighted by molar-refractivity contribution is 5.69. The molecule has 2 aromatic rings. The van der Waals surface area contributed by atoms with E-state index in [-0.39, 0.29) is 30.8 Å². The highest BCUT2D eigenvalue weighted by Gasteiger charge is 2.40. The second kappa shape index (κ2) is 7.84. The van der Waals surface area contributed by atoms with E-state index in [2.05, 4.69) is 9.97 Å². The summed E-state index contributed by atoms with van der Waals surface area (Å²) in [4.78, 5) is 43.1. The second-order valence-corrected chi connectivity index (χ2v) is 6.11. The van der Waals surface area contributed by atoms with Crippen molar-refractivity contribution < 1.29 is 28.9 Å². The van der Waals surface area contributed by atoms with Crippen LogP contribution in [-0.2, 0) is 30.3 Å². The van der Waals surface area contributed by atoms with E-state index >= 15 is 0 Å². The Bertz CT molecular complexity index is 906. The summed E-state index contributed by atoms with van der Waals surface area (Å²) in [6, 6.07) is 0. The molecule has 11 nitrogen and oxygen atoms in total. The fourth-order valence-electron chi connectivity index (χ4n) is 2.98. The summed E-state index contributed by atoms with van der Waals surface area (Å²) in [6.07, 6.45) is 1.19. The fourth-order valence-corrected chi connectivity index (χ4v) is 2.98. The van der Waals surface area contributed by atoms with Gasteiger partial charge in [0.15, 0.2) is 11.2 Å². The summed E-state index contributed by atoms with van der Waals surface area (Å²) in [5.41, 5.74) is 0.0784. The van der Waals surface area contributed by atoms with Crippen molar-refractivity contribution in [3.05, 3.63) is 23.0 Å². The molecule has 1 aliphatic heterocycles. The van der Waals surface area contributed by atoms with E-state index in [1.54, 1.807) is 4.57 Å². The lowest BCUT2D eigenvalue weighted by atomic mass is 10.2. The van der Waals surface area contributed by atoms with Crippen LogP contribution in [0.4, 0.5) is 0 Å². The quantitative estimate of drug-likeness (QED) is 0.650. The molecule has 3 heterocycles. The molecule has 0 saturated carbocycles. The third kappa shape index (κ3) is 3.98. The second-order valence-electron chi connectivity index (χ2n) is 6.11. The zero-order chi connectivity index (χ0) is 19.6. The van der Waals surface area contributed by atoms with Gasteiger partial charge in [-0.05, 0) is 0 Å².